The van der Waals surface area contributed by atoms with E-state index in [2.05, 4.69) is 15.7 Å². The molecule has 0 saturated carbocycles. The van der Waals surface area contributed by atoms with Crippen molar-refractivity contribution in [3.05, 3.63) is 11.9 Å². The Morgan fingerprint density at radius 3 is 2.60 bits per heavy atom. The van der Waals surface area contributed by atoms with Gasteiger partial charge in [0.05, 0.1) is 11.8 Å². The van der Waals surface area contributed by atoms with E-state index in [9.17, 15) is 4.79 Å². The molecule has 0 atom stereocenters. The molecule has 2 N–H and O–H groups in total. The zero-order chi connectivity index (χ0) is 15.3. The van der Waals surface area contributed by atoms with Crippen LogP contribution >= 0.6 is 12.2 Å². The molecule has 0 fully saturated rings. The zero-order valence-corrected chi connectivity index (χ0v) is 13.4. The van der Waals surface area contributed by atoms with Gasteiger partial charge >= 0.3 is 5.97 Å². The summed E-state index contributed by atoms with van der Waals surface area (Å²) in [5, 5.41) is 10.7. The SMILES string of the molecule is CCn1cc(NC(=S)NC(C)C)c(C(=O)OC(C)C)n1. The summed E-state index contributed by atoms with van der Waals surface area (Å²) in [4.78, 5) is 12.0. The smallest absolute Gasteiger partial charge is 0.361 e. The number of hydrogen-bond donors (Lipinski definition) is 2. The Labute approximate surface area is 124 Å². The molecule has 0 unspecified atom stereocenters. The highest BCUT2D eigenvalue weighted by Crippen LogP contribution is 2.16. The number of rotatable bonds is 5. The third kappa shape index (κ3) is 4.80. The first-order chi connectivity index (χ1) is 9.33. The Morgan fingerprint density at radius 2 is 2.10 bits per heavy atom. The number of thiocarbonyl (C=S) groups is 1. The summed E-state index contributed by atoms with van der Waals surface area (Å²) in [5.41, 5.74) is 0.795. The molecule has 0 aliphatic heterocycles. The third-order valence-corrected chi connectivity index (χ3v) is 2.51. The molecule has 0 spiro atoms. The number of nitrogens with zero attached hydrogens (tertiary/aromatic N) is 2. The molecule has 0 saturated heterocycles. The Bertz CT molecular complexity index is 483. The van der Waals surface area contributed by atoms with E-state index < -0.39 is 5.97 Å². The van der Waals surface area contributed by atoms with E-state index in [-0.39, 0.29) is 17.8 Å². The number of carbonyl (C=O) groups is 1. The number of aryl methyl sites for hydroxylation is 1. The lowest BCUT2D eigenvalue weighted by atomic mass is 10.3. The fourth-order valence-electron chi connectivity index (χ4n) is 1.52. The van der Waals surface area contributed by atoms with Crippen LogP contribution in [0.1, 0.15) is 45.1 Å². The normalized spacial score (nSPS) is 10.8. The van der Waals surface area contributed by atoms with Crippen LogP contribution in [0.5, 0.6) is 0 Å². The second-order valence-electron chi connectivity index (χ2n) is 4.95. The molecule has 1 aromatic heterocycles. The van der Waals surface area contributed by atoms with Gasteiger partial charge < -0.3 is 15.4 Å². The average molecular weight is 298 g/mol. The highest BCUT2D eigenvalue weighted by Gasteiger charge is 2.20. The molecule has 6 nitrogen and oxygen atoms in total. The van der Waals surface area contributed by atoms with E-state index in [4.69, 9.17) is 17.0 Å². The van der Waals surface area contributed by atoms with Gasteiger partial charge in [0.25, 0.3) is 0 Å². The van der Waals surface area contributed by atoms with Crippen LogP contribution in [0.4, 0.5) is 5.69 Å². The Hall–Kier alpha value is -1.63. The molecule has 0 aliphatic rings. The number of carbonyl (C=O) groups excluding carboxylic acids is 1. The van der Waals surface area contributed by atoms with E-state index in [1.54, 1.807) is 24.7 Å². The zero-order valence-electron chi connectivity index (χ0n) is 12.6. The van der Waals surface area contributed by atoms with Crippen molar-refractivity contribution in [2.45, 2.75) is 53.3 Å². The molecule has 0 bridgehead atoms. The summed E-state index contributed by atoms with van der Waals surface area (Å²) in [6.07, 6.45) is 1.55. The largest absolute Gasteiger partial charge is 0.458 e. The van der Waals surface area contributed by atoms with Crippen LogP contribution in [0.2, 0.25) is 0 Å². The predicted molar refractivity (Wildman–Crippen MR) is 82.9 cm³/mol. The first-order valence-electron chi connectivity index (χ1n) is 6.69. The highest BCUT2D eigenvalue weighted by atomic mass is 32.1. The van der Waals surface area contributed by atoms with Gasteiger partial charge in [-0.3, -0.25) is 4.68 Å². The van der Waals surface area contributed by atoms with E-state index in [0.29, 0.717) is 17.3 Å². The number of nitrogens with one attached hydrogen (secondary N) is 2. The third-order valence-electron chi connectivity index (χ3n) is 2.29. The van der Waals surface area contributed by atoms with Gasteiger partial charge in [-0.2, -0.15) is 5.10 Å². The van der Waals surface area contributed by atoms with E-state index >= 15 is 0 Å². The molecule has 1 heterocycles. The first kappa shape index (κ1) is 16.4. The maximum absolute atomic E-state index is 12.0. The summed E-state index contributed by atoms with van der Waals surface area (Å²) < 4.78 is 6.84. The summed E-state index contributed by atoms with van der Waals surface area (Å²) in [6, 6.07) is 0.210. The van der Waals surface area contributed by atoms with Crippen molar-refractivity contribution in [2.24, 2.45) is 0 Å². The van der Waals surface area contributed by atoms with Crippen molar-refractivity contribution < 1.29 is 9.53 Å². The molecule has 20 heavy (non-hydrogen) atoms. The summed E-state index contributed by atoms with van der Waals surface area (Å²) in [5.74, 6) is -0.456. The lowest BCUT2D eigenvalue weighted by molar-refractivity contribution is 0.0371. The molecule has 0 aliphatic carbocycles. The number of ether oxygens (including phenoxy) is 1. The maximum Gasteiger partial charge on any atom is 0.361 e. The van der Waals surface area contributed by atoms with Crippen molar-refractivity contribution in [3.63, 3.8) is 0 Å². The van der Waals surface area contributed by atoms with Crippen molar-refractivity contribution in [2.75, 3.05) is 5.32 Å². The number of anilines is 1. The highest BCUT2D eigenvalue weighted by molar-refractivity contribution is 7.80. The van der Waals surface area contributed by atoms with Crippen molar-refractivity contribution in [1.29, 1.82) is 0 Å². The Morgan fingerprint density at radius 1 is 1.45 bits per heavy atom. The van der Waals surface area contributed by atoms with Gasteiger partial charge in [-0.1, -0.05) is 0 Å². The minimum atomic E-state index is -0.456. The van der Waals surface area contributed by atoms with E-state index in [1.165, 1.54) is 0 Å². The minimum absolute atomic E-state index is 0.192. The number of aromatic nitrogens is 2. The topological polar surface area (TPSA) is 68.2 Å². The summed E-state index contributed by atoms with van der Waals surface area (Å²) >= 11 is 5.18. The van der Waals surface area contributed by atoms with Crippen LogP contribution in [0.3, 0.4) is 0 Å². The fourth-order valence-corrected chi connectivity index (χ4v) is 1.86. The molecule has 0 aromatic carbocycles. The lowest BCUT2D eigenvalue weighted by Gasteiger charge is -2.13. The molecular formula is C13H22N4O2S. The second-order valence-corrected chi connectivity index (χ2v) is 5.36. The minimum Gasteiger partial charge on any atom is -0.458 e. The second kappa shape index (κ2) is 7.23. The Kier molecular flexibility index (Phi) is 5.94. The monoisotopic (exact) mass is 298 g/mol. The number of hydrogen-bond acceptors (Lipinski definition) is 4. The standard InChI is InChI=1S/C13H22N4O2S/c1-6-17-7-10(15-13(20)14-8(2)3)11(16-17)12(18)19-9(4)5/h7-9H,6H2,1-5H3,(H2,14,15,20). The van der Waals surface area contributed by atoms with Gasteiger partial charge in [0.15, 0.2) is 10.8 Å². The first-order valence-corrected chi connectivity index (χ1v) is 7.10. The van der Waals surface area contributed by atoms with Crippen LogP contribution in [-0.2, 0) is 11.3 Å². The molecule has 0 radical (unpaired) electrons. The van der Waals surface area contributed by atoms with Crippen LogP contribution in [0.15, 0.2) is 6.20 Å². The van der Waals surface area contributed by atoms with E-state index in [1.807, 2.05) is 20.8 Å². The number of esters is 1. The molecule has 1 rings (SSSR count). The van der Waals surface area contributed by atoms with Gasteiger partial charge in [-0.25, -0.2) is 4.79 Å². The van der Waals surface area contributed by atoms with Crippen molar-refractivity contribution in [1.82, 2.24) is 15.1 Å². The lowest BCUT2D eigenvalue weighted by Crippen LogP contribution is -2.34. The van der Waals surface area contributed by atoms with Gasteiger partial charge in [0.1, 0.15) is 0 Å². The van der Waals surface area contributed by atoms with Gasteiger partial charge in [0.2, 0.25) is 0 Å². The predicted octanol–water partition coefficient (Wildman–Crippen LogP) is 2.16. The molecule has 0 amide bonds. The molecule has 1 aromatic rings. The molecule has 112 valence electrons. The summed E-state index contributed by atoms with van der Waals surface area (Å²) in [6.45, 7) is 10.2. The average Bonchev–Trinajstić information content (AvgIpc) is 2.70. The van der Waals surface area contributed by atoms with Gasteiger partial charge in [-0.15, -0.1) is 0 Å². The quantitative estimate of drug-likeness (QED) is 0.641. The van der Waals surface area contributed by atoms with Gasteiger partial charge in [0, 0.05) is 18.8 Å². The van der Waals surface area contributed by atoms with Crippen LogP contribution < -0.4 is 10.6 Å². The molecular weight excluding hydrogens is 276 g/mol. The molecule has 7 heteroatoms. The van der Waals surface area contributed by atoms with Crippen LogP contribution in [0.25, 0.3) is 0 Å². The van der Waals surface area contributed by atoms with Crippen LogP contribution in [0, 0.1) is 0 Å². The van der Waals surface area contributed by atoms with Crippen molar-refractivity contribution in [3.8, 4) is 0 Å². The van der Waals surface area contributed by atoms with Crippen LogP contribution in [-0.4, -0.2) is 33.0 Å². The maximum atomic E-state index is 12.0. The van der Waals surface area contributed by atoms with Crippen molar-refractivity contribution >= 4 is 29.0 Å². The van der Waals surface area contributed by atoms with E-state index in [0.717, 1.165) is 0 Å². The summed E-state index contributed by atoms with van der Waals surface area (Å²) in [7, 11) is 0. The Balaban J connectivity index is 2.91. The fraction of sp³-hybridized carbons (Fsp3) is 0.615. The van der Waals surface area contributed by atoms with Gasteiger partial charge in [-0.05, 0) is 46.8 Å².